The first-order valence-electron chi connectivity index (χ1n) is 9.73. The Balaban J connectivity index is 3.64. The van der Waals surface area contributed by atoms with Crippen LogP contribution in [-0.2, 0) is 23.1 Å². The van der Waals surface area contributed by atoms with E-state index in [1.807, 2.05) is 5.32 Å². The molecule has 0 aliphatic heterocycles. The molecule has 0 radical (unpaired) electrons. The molecular weight excluding hydrogens is 482 g/mol. The lowest BCUT2D eigenvalue weighted by atomic mass is 10.0. The lowest BCUT2D eigenvalue weighted by Gasteiger charge is -2.37. The third-order valence-corrected chi connectivity index (χ3v) is 6.79. The second kappa shape index (κ2) is 11.7. The number of hydrogen-bond acceptors (Lipinski definition) is 8. The van der Waals surface area contributed by atoms with Crippen molar-refractivity contribution in [3.05, 3.63) is 34.4 Å². The fraction of sp³-hybridized carbons (Fsp3) is 0.611. The number of nitro groups is 1. The number of halogens is 5. The van der Waals surface area contributed by atoms with E-state index in [0.29, 0.717) is 0 Å². The number of non-ortho nitro benzene ring substituents is 1. The predicted molar refractivity (Wildman–Crippen MR) is 107 cm³/mol. The number of hydrogen-bond donors (Lipinski definition) is 1. The van der Waals surface area contributed by atoms with Crippen LogP contribution >= 0.6 is 7.60 Å². The highest BCUT2D eigenvalue weighted by Gasteiger charge is 2.67. The smallest absolute Gasteiger partial charge is 0.455 e. The fourth-order valence-corrected chi connectivity index (χ4v) is 5.03. The minimum Gasteiger partial charge on any atom is -0.466 e. The monoisotopic (exact) mass is 506 g/mol. The average molecular weight is 506 g/mol. The maximum atomic E-state index is 14.7. The van der Waals surface area contributed by atoms with Crippen LogP contribution in [-0.4, -0.2) is 54.5 Å². The first-order valence-corrected chi connectivity index (χ1v) is 11.3. The largest absolute Gasteiger partial charge is 0.466 e. The Morgan fingerprint density at radius 1 is 1.06 bits per heavy atom. The Morgan fingerprint density at radius 3 is 1.97 bits per heavy atom. The molecule has 2 atom stereocenters. The van der Waals surface area contributed by atoms with Crippen LogP contribution in [0.25, 0.3) is 0 Å². The van der Waals surface area contributed by atoms with E-state index >= 15 is 0 Å². The summed E-state index contributed by atoms with van der Waals surface area (Å²) in [6.45, 7) is 3.04. The predicted octanol–water partition coefficient (Wildman–Crippen LogP) is 5.16. The van der Waals surface area contributed by atoms with Gasteiger partial charge in [0.1, 0.15) is 6.04 Å². The minimum absolute atomic E-state index is 0.213. The number of nitrogens with zero attached hydrogens (tertiary/aromatic N) is 1. The third-order valence-electron chi connectivity index (χ3n) is 4.26. The summed E-state index contributed by atoms with van der Waals surface area (Å²) in [6, 6.07) is 0.510. The topological polar surface area (TPSA) is 117 Å². The van der Waals surface area contributed by atoms with Crippen molar-refractivity contribution in [2.45, 2.75) is 51.0 Å². The number of anilines is 1. The molecule has 0 heterocycles. The van der Waals surface area contributed by atoms with E-state index in [4.69, 9.17) is 9.05 Å². The highest BCUT2D eigenvalue weighted by molar-refractivity contribution is 7.54. The molecule has 0 aliphatic rings. The van der Waals surface area contributed by atoms with Gasteiger partial charge in [0, 0.05) is 17.8 Å². The van der Waals surface area contributed by atoms with Crippen molar-refractivity contribution in [2.75, 3.05) is 25.1 Å². The molecule has 0 aromatic heterocycles. The van der Waals surface area contributed by atoms with E-state index in [-0.39, 0.29) is 25.5 Å². The van der Waals surface area contributed by atoms with Crippen molar-refractivity contribution in [2.24, 2.45) is 0 Å². The summed E-state index contributed by atoms with van der Waals surface area (Å²) in [5, 5.41) is 12.7. The van der Waals surface area contributed by atoms with Crippen molar-refractivity contribution in [1.82, 2.24) is 0 Å². The standard InChI is InChI=1S/C18H24F5N2O7P/c1-4-30-15(26)11-14(33(29,31-5-2)32-6-3)16(17(19,20)18(21,22)23)24-12-7-9-13(10-8-12)25(27)28/h7-10,14,16,24H,4-6,11H2,1-3H3. The lowest BCUT2D eigenvalue weighted by Crippen LogP contribution is -2.56. The Morgan fingerprint density at radius 2 is 1.58 bits per heavy atom. The Kier molecular flexibility index (Phi) is 10.2. The number of alkyl halides is 5. The molecule has 15 heteroatoms. The van der Waals surface area contributed by atoms with Gasteiger partial charge < -0.3 is 19.1 Å². The van der Waals surface area contributed by atoms with Crippen LogP contribution in [0.4, 0.5) is 33.3 Å². The molecule has 0 spiro atoms. The SMILES string of the molecule is CCOC(=O)CC(C(Nc1ccc([N+](=O)[O-])cc1)C(F)(F)C(F)(F)F)P(=O)(OCC)OCC. The van der Waals surface area contributed by atoms with Crippen molar-refractivity contribution in [1.29, 1.82) is 0 Å². The molecule has 1 rings (SSSR count). The van der Waals surface area contributed by atoms with Gasteiger partial charge in [0.05, 0.1) is 36.8 Å². The maximum Gasteiger partial charge on any atom is 0.455 e. The number of carbonyl (C=O) groups is 1. The maximum absolute atomic E-state index is 14.7. The van der Waals surface area contributed by atoms with Gasteiger partial charge in [0.15, 0.2) is 0 Å². The second-order valence-corrected chi connectivity index (χ2v) is 8.76. The van der Waals surface area contributed by atoms with Gasteiger partial charge in [0.2, 0.25) is 0 Å². The molecule has 188 valence electrons. The van der Waals surface area contributed by atoms with Crippen molar-refractivity contribution >= 4 is 24.9 Å². The highest BCUT2D eigenvalue weighted by Crippen LogP contribution is 2.59. The van der Waals surface area contributed by atoms with Gasteiger partial charge in [-0.05, 0) is 32.9 Å². The second-order valence-electron chi connectivity index (χ2n) is 6.50. The van der Waals surface area contributed by atoms with Gasteiger partial charge in [-0.15, -0.1) is 0 Å². The van der Waals surface area contributed by atoms with Crippen LogP contribution in [0.2, 0.25) is 0 Å². The van der Waals surface area contributed by atoms with Gasteiger partial charge in [-0.25, -0.2) is 0 Å². The molecule has 33 heavy (non-hydrogen) atoms. The normalized spacial score (nSPS) is 14.4. The zero-order chi connectivity index (χ0) is 25.4. The molecule has 0 saturated carbocycles. The quantitative estimate of drug-likeness (QED) is 0.128. The molecule has 1 N–H and O–H groups in total. The van der Waals surface area contributed by atoms with Gasteiger partial charge >= 0.3 is 25.7 Å². The van der Waals surface area contributed by atoms with Crippen LogP contribution in [0.15, 0.2) is 24.3 Å². The number of nitro benzene ring substituents is 1. The van der Waals surface area contributed by atoms with E-state index in [2.05, 4.69) is 4.74 Å². The summed E-state index contributed by atoms with van der Waals surface area (Å²) in [5.74, 6) is -6.73. The summed E-state index contributed by atoms with van der Waals surface area (Å²) in [4.78, 5) is 22.1. The van der Waals surface area contributed by atoms with Crippen LogP contribution in [0.3, 0.4) is 0 Å². The Labute approximate surface area is 186 Å². The highest BCUT2D eigenvalue weighted by atomic mass is 31.2. The van der Waals surface area contributed by atoms with Crippen LogP contribution < -0.4 is 5.32 Å². The van der Waals surface area contributed by atoms with Gasteiger partial charge in [0.25, 0.3) is 5.69 Å². The van der Waals surface area contributed by atoms with Crippen molar-refractivity contribution in [3.63, 3.8) is 0 Å². The van der Waals surface area contributed by atoms with Gasteiger partial charge in [-0.1, -0.05) is 0 Å². The zero-order valence-corrected chi connectivity index (χ0v) is 18.8. The number of esters is 1. The minimum atomic E-state index is -6.12. The summed E-state index contributed by atoms with van der Waals surface area (Å²) in [5.41, 5.74) is -3.16. The third kappa shape index (κ3) is 7.34. The summed E-state index contributed by atoms with van der Waals surface area (Å²) < 4.78 is 97.5. The van der Waals surface area contributed by atoms with Crippen LogP contribution in [0, 0.1) is 10.1 Å². The molecule has 0 saturated heterocycles. The molecule has 2 unspecified atom stereocenters. The molecule has 1 aromatic carbocycles. The van der Waals surface area contributed by atoms with E-state index in [9.17, 15) is 41.4 Å². The fourth-order valence-electron chi connectivity index (χ4n) is 2.86. The number of carbonyl (C=O) groups excluding carboxylic acids is 1. The van der Waals surface area contributed by atoms with Crippen LogP contribution in [0.1, 0.15) is 27.2 Å². The lowest BCUT2D eigenvalue weighted by molar-refractivity contribution is -0.384. The first-order chi connectivity index (χ1) is 15.2. The number of ether oxygens (including phenoxy) is 1. The Bertz CT molecular complexity index is 842. The molecule has 0 aliphatic carbocycles. The first kappa shape index (κ1) is 28.7. The van der Waals surface area contributed by atoms with E-state index in [1.54, 1.807) is 0 Å². The van der Waals surface area contributed by atoms with Gasteiger partial charge in [-0.2, -0.15) is 22.0 Å². The van der Waals surface area contributed by atoms with Crippen molar-refractivity contribution < 1.29 is 50.0 Å². The Hall–Kier alpha value is -2.31. The average Bonchev–Trinajstić information content (AvgIpc) is 2.70. The molecule has 1 aromatic rings. The van der Waals surface area contributed by atoms with Crippen molar-refractivity contribution in [3.8, 4) is 0 Å². The van der Waals surface area contributed by atoms with E-state index in [1.165, 1.54) is 20.8 Å². The number of benzene rings is 1. The molecule has 0 fully saturated rings. The summed E-state index contributed by atoms with van der Waals surface area (Å²) in [6.07, 6.45) is -7.27. The molecule has 0 amide bonds. The van der Waals surface area contributed by atoms with E-state index in [0.717, 1.165) is 24.3 Å². The molecular formula is C18H24F5N2O7P. The molecule has 0 bridgehead atoms. The van der Waals surface area contributed by atoms with Gasteiger partial charge in [-0.3, -0.25) is 19.5 Å². The molecule has 9 nitrogen and oxygen atoms in total. The summed E-state index contributed by atoms with van der Waals surface area (Å²) in [7, 11) is -4.74. The number of nitrogens with one attached hydrogen (secondary N) is 1. The zero-order valence-electron chi connectivity index (χ0n) is 17.9. The van der Waals surface area contributed by atoms with E-state index < -0.39 is 54.4 Å². The number of rotatable bonds is 13. The van der Waals surface area contributed by atoms with Crippen LogP contribution in [0.5, 0.6) is 0 Å². The summed E-state index contributed by atoms with van der Waals surface area (Å²) >= 11 is 0.